The van der Waals surface area contributed by atoms with Crippen molar-refractivity contribution in [3.63, 3.8) is 0 Å². The van der Waals surface area contributed by atoms with Gasteiger partial charge in [-0.1, -0.05) is 28.1 Å². The number of halogens is 1. The highest BCUT2D eigenvalue weighted by Crippen LogP contribution is 2.41. The van der Waals surface area contributed by atoms with E-state index >= 15 is 0 Å². The maximum Gasteiger partial charge on any atom is 0.231 e. The first-order chi connectivity index (χ1) is 12.7. The van der Waals surface area contributed by atoms with E-state index in [1.807, 2.05) is 0 Å². The summed E-state index contributed by atoms with van der Waals surface area (Å²) in [4.78, 5) is 3.28. The van der Waals surface area contributed by atoms with Crippen LogP contribution in [0.4, 0.5) is 0 Å². The molecule has 2 aliphatic heterocycles. The van der Waals surface area contributed by atoms with Crippen LogP contribution >= 0.6 is 15.9 Å². The fraction of sp³-hybridized carbons (Fsp3) is 0.400. The van der Waals surface area contributed by atoms with Crippen LogP contribution < -0.4 is 24.0 Å². The van der Waals surface area contributed by atoms with Crippen LogP contribution in [0.15, 0.2) is 40.9 Å². The van der Waals surface area contributed by atoms with Crippen molar-refractivity contribution in [2.75, 3.05) is 40.1 Å². The molecule has 0 amide bonds. The lowest BCUT2D eigenvalue weighted by atomic mass is 10.1. The lowest BCUT2D eigenvalue weighted by molar-refractivity contribution is -1.02. The van der Waals surface area contributed by atoms with Gasteiger partial charge in [-0.2, -0.15) is 0 Å². The molecule has 0 aliphatic carbocycles. The van der Waals surface area contributed by atoms with Crippen LogP contribution in [-0.4, -0.2) is 40.1 Å². The van der Waals surface area contributed by atoms with E-state index in [0.29, 0.717) is 0 Å². The van der Waals surface area contributed by atoms with Gasteiger partial charge < -0.3 is 24.0 Å². The summed E-state index contributed by atoms with van der Waals surface area (Å²) in [7, 11) is 1.68. The number of hydrogen-bond donors (Lipinski definition) is 2. The second kappa shape index (κ2) is 7.86. The number of ether oxygens (including phenoxy) is 3. The fourth-order valence-electron chi connectivity index (χ4n) is 3.82. The predicted molar refractivity (Wildman–Crippen MR) is 102 cm³/mol. The molecule has 5 nitrogen and oxygen atoms in total. The number of rotatable bonds is 5. The van der Waals surface area contributed by atoms with Crippen LogP contribution in [0.1, 0.15) is 11.1 Å². The van der Waals surface area contributed by atoms with Crippen molar-refractivity contribution < 1.29 is 24.0 Å². The Morgan fingerprint density at radius 2 is 1.69 bits per heavy atom. The number of benzene rings is 2. The summed E-state index contributed by atoms with van der Waals surface area (Å²) >= 11 is 3.56. The van der Waals surface area contributed by atoms with Crippen LogP contribution in [0.3, 0.4) is 0 Å². The summed E-state index contributed by atoms with van der Waals surface area (Å²) in [6, 6.07) is 12.8. The van der Waals surface area contributed by atoms with Crippen LogP contribution in [0.5, 0.6) is 17.2 Å². The van der Waals surface area contributed by atoms with E-state index in [-0.39, 0.29) is 6.79 Å². The quantitative estimate of drug-likeness (QED) is 0.746. The third-order valence-corrected chi connectivity index (χ3v) is 5.67. The molecule has 6 heteroatoms. The molecule has 2 aliphatic rings. The molecule has 2 heterocycles. The Labute approximate surface area is 162 Å². The second-order valence-electron chi connectivity index (χ2n) is 7.02. The number of nitrogens with one attached hydrogen (secondary N) is 2. The highest BCUT2D eigenvalue weighted by molar-refractivity contribution is 9.10. The summed E-state index contributed by atoms with van der Waals surface area (Å²) in [5.74, 6) is 2.31. The molecule has 0 saturated carbocycles. The standard InChI is InChI=1S/C20H23BrN2O3/c1-24-18-10-16(11-19-20(18)26-14-25-19)13-23-7-5-22(6-8-23)12-15-3-2-4-17(21)9-15/h2-4,9-11H,5-8,12-14H2,1H3/p+2. The van der Waals surface area contributed by atoms with Crippen molar-refractivity contribution >= 4 is 15.9 Å². The van der Waals surface area contributed by atoms with Crippen molar-refractivity contribution in [2.24, 2.45) is 0 Å². The van der Waals surface area contributed by atoms with E-state index in [0.717, 1.165) is 34.8 Å². The van der Waals surface area contributed by atoms with Crippen molar-refractivity contribution in [1.82, 2.24) is 0 Å². The van der Waals surface area contributed by atoms with Gasteiger partial charge in [-0.3, -0.25) is 0 Å². The van der Waals surface area contributed by atoms with Gasteiger partial charge in [0, 0.05) is 15.6 Å². The number of fused-ring (bicyclic) bond motifs is 1. The number of quaternary nitrogens is 2. The van der Waals surface area contributed by atoms with Crippen molar-refractivity contribution in [1.29, 1.82) is 0 Å². The molecule has 26 heavy (non-hydrogen) atoms. The first kappa shape index (κ1) is 17.6. The largest absolute Gasteiger partial charge is 0.493 e. The predicted octanol–water partition coefficient (Wildman–Crippen LogP) is 0.670. The van der Waals surface area contributed by atoms with Gasteiger partial charge in [-0.15, -0.1) is 0 Å². The first-order valence-corrected chi connectivity index (χ1v) is 9.88. The Kier molecular flexibility index (Phi) is 5.33. The van der Waals surface area contributed by atoms with Gasteiger partial charge in [0.1, 0.15) is 39.3 Å². The number of piperazine rings is 1. The molecule has 2 N–H and O–H groups in total. The van der Waals surface area contributed by atoms with E-state index in [4.69, 9.17) is 14.2 Å². The molecule has 2 aromatic carbocycles. The molecule has 0 unspecified atom stereocenters. The summed E-state index contributed by atoms with van der Waals surface area (Å²) in [5.41, 5.74) is 2.65. The molecule has 0 atom stereocenters. The normalized spacial score (nSPS) is 21.6. The van der Waals surface area contributed by atoms with Crippen molar-refractivity contribution in [3.8, 4) is 17.2 Å². The summed E-state index contributed by atoms with van der Waals surface area (Å²) in [5, 5.41) is 0. The third kappa shape index (κ3) is 3.98. The fourth-order valence-corrected chi connectivity index (χ4v) is 4.27. The zero-order valence-corrected chi connectivity index (χ0v) is 16.6. The van der Waals surface area contributed by atoms with Gasteiger partial charge in [-0.05, 0) is 24.3 Å². The second-order valence-corrected chi connectivity index (χ2v) is 7.93. The Bertz CT molecular complexity index is 776. The average Bonchev–Trinajstić information content (AvgIpc) is 3.11. The highest BCUT2D eigenvalue weighted by Gasteiger charge is 2.25. The summed E-state index contributed by atoms with van der Waals surface area (Å²) in [6.07, 6.45) is 0. The number of methoxy groups -OCH3 is 1. The molecule has 0 aromatic heterocycles. The van der Waals surface area contributed by atoms with E-state index in [2.05, 4.69) is 52.3 Å². The molecule has 138 valence electrons. The minimum Gasteiger partial charge on any atom is -0.493 e. The Morgan fingerprint density at radius 3 is 2.38 bits per heavy atom. The zero-order valence-electron chi connectivity index (χ0n) is 15.0. The van der Waals surface area contributed by atoms with E-state index < -0.39 is 0 Å². The maximum absolute atomic E-state index is 5.54. The Morgan fingerprint density at radius 1 is 0.962 bits per heavy atom. The Balaban J connectivity index is 1.34. The molecular formula is C20H25BrN2O3+2. The third-order valence-electron chi connectivity index (χ3n) is 5.18. The zero-order chi connectivity index (χ0) is 17.9. The lowest BCUT2D eigenvalue weighted by Gasteiger charge is -2.30. The molecule has 0 bridgehead atoms. The Hall–Kier alpha value is -1.76. The van der Waals surface area contributed by atoms with Crippen LogP contribution in [-0.2, 0) is 13.1 Å². The minimum absolute atomic E-state index is 0.277. The van der Waals surface area contributed by atoms with Crippen LogP contribution in [0.2, 0.25) is 0 Å². The van der Waals surface area contributed by atoms with Gasteiger partial charge in [-0.25, -0.2) is 0 Å². The average molecular weight is 421 g/mol. The van der Waals surface area contributed by atoms with E-state index in [1.165, 1.54) is 37.3 Å². The summed E-state index contributed by atoms with van der Waals surface area (Å²) < 4.78 is 17.6. The molecule has 0 spiro atoms. The van der Waals surface area contributed by atoms with Gasteiger partial charge in [0.05, 0.1) is 7.11 Å². The van der Waals surface area contributed by atoms with E-state index in [1.54, 1.807) is 16.9 Å². The molecule has 1 saturated heterocycles. The van der Waals surface area contributed by atoms with E-state index in [9.17, 15) is 0 Å². The molecule has 0 radical (unpaired) electrons. The monoisotopic (exact) mass is 420 g/mol. The van der Waals surface area contributed by atoms with Crippen molar-refractivity contribution in [3.05, 3.63) is 52.0 Å². The summed E-state index contributed by atoms with van der Waals surface area (Å²) in [6.45, 7) is 7.13. The van der Waals surface area contributed by atoms with Gasteiger partial charge in [0.15, 0.2) is 11.5 Å². The minimum atomic E-state index is 0.277. The maximum atomic E-state index is 5.54. The van der Waals surface area contributed by atoms with Crippen molar-refractivity contribution in [2.45, 2.75) is 13.1 Å². The van der Waals surface area contributed by atoms with Gasteiger partial charge in [0.25, 0.3) is 0 Å². The molecule has 4 rings (SSSR count). The smallest absolute Gasteiger partial charge is 0.231 e. The number of hydrogen-bond acceptors (Lipinski definition) is 3. The molecular weight excluding hydrogens is 396 g/mol. The molecule has 2 aromatic rings. The van der Waals surface area contributed by atoms with Gasteiger partial charge >= 0.3 is 0 Å². The topological polar surface area (TPSA) is 36.6 Å². The highest BCUT2D eigenvalue weighted by atomic mass is 79.9. The first-order valence-electron chi connectivity index (χ1n) is 9.09. The SMILES string of the molecule is COc1cc(C[NH+]2CC[NH+](Cc3cccc(Br)c3)CC2)cc2c1OCO2. The van der Waals surface area contributed by atoms with Crippen LogP contribution in [0, 0.1) is 0 Å². The van der Waals surface area contributed by atoms with Gasteiger partial charge in [0.2, 0.25) is 12.5 Å². The van der Waals surface area contributed by atoms with Crippen LogP contribution in [0.25, 0.3) is 0 Å². The lowest BCUT2D eigenvalue weighted by Crippen LogP contribution is -3.27. The molecule has 1 fully saturated rings.